The number of urea groups is 1. The molecule has 0 atom stereocenters. The van der Waals surface area contributed by atoms with Crippen LogP contribution in [-0.4, -0.2) is 26.2 Å². The largest absolute Gasteiger partial charge is 0.493 e. The molecule has 122 valence electrons. The second kappa shape index (κ2) is 6.45. The fourth-order valence-corrected chi connectivity index (χ4v) is 2.44. The monoisotopic (exact) mass is 324 g/mol. The van der Waals surface area contributed by atoms with E-state index in [0.717, 1.165) is 16.7 Å². The Labute approximate surface area is 139 Å². The van der Waals surface area contributed by atoms with Gasteiger partial charge in [-0.25, -0.2) is 4.79 Å². The Kier molecular flexibility index (Phi) is 4.20. The van der Waals surface area contributed by atoms with Crippen molar-refractivity contribution in [2.24, 2.45) is 0 Å². The van der Waals surface area contributed by atoms with Crippen molar-refractivity contribution in [3.05, 3.63) is 53.7 Å². The van der Waals surface area contributed by atoms with Crippen LogP contribution in [0, 0.1) is 0 Å². The third-order valence-electron chi connectivity index (χ3n) is 3.66. The lowest BCUT2D eigenvalue weighted by atomic mass is 10.0. The van der Waals surface area contributed by atoms with Crippen LogP contribution in [0.3, 0.4) is 0 Å². The van der Waals surface area contributed by atoms with Crippen molar-refractivity contribution < 1.29 is 19.1 Å². The lowest BCUT2D eigenvalue weighted by Gasteiger charge is -2.10. The normalized spacial score (nSPS) is 15.2. The summed E-state index contributed by atoms with van der Waals surface area (Å²) in [4.78, 5) is 22.6. The number of nitrogens with one attached hydrogen (secondary N) is 2. The maximum Gasteiger partial charge on any atom is 0.326 e. The topological polar surface area (TPSA) is 76.7 Å². The zero-order valence-corrected chi connectivity index (χ0v) is 13.3. The lowest BCUT2D eigenvalue weighted by molar-refractivity contribution is -0.115. The van der Waals surface area contributed by atoms with Crippen molar-refractivity contribution in [3.8, 4) is 22.6 Å². The smallest absolute Gasteiger partial charge is 0.326 e. The van der Waals surface area contributed by atoms with Crippen molar-refractivity contribution in [1.29, 1.82) is 0 Å². The molecule has 1 saturated heterocycles. The van der Waals surface area contributed by atoms with E-state index in [1.165, 1.54) is 0 Å². The van der Waals surface area contributed by atoms with Gasteiger partial charge in [0.15, 0.2) is 11.5 Å². The Balaban J connectivity index is 1.86. The van der Waals surface area contributed by atoms with Crippen LogP contribution in [0.1, 0.15) is 5.56 Å². The van der Waals surface area contributed by atoms with E-state index in [2.05, 4.69) is 10.6 Å². The minimum absolute atomic E-state index is 0.235. The van der Waals surface area contributed by atoms with Crippen molar-refractivity contribution in [3.63, 3.8) is 0 Å². The van der Waals surface area contributed by atoms with Gasteiger partial charge in [0.2, 0.25) is 0 Å². The van der Waals surface area contributed by atoms with Crippen LogP contribution in [0.2, 0.25) is 0 Å². The van der Waals surface area contributed by atoms with Crippen LogP contribution in [-0.2, 0) is 4.79 Å². The number of hydrogen-bond donors (Lipinski definition) is 2. The Hall–Kier alpha value is -3.28. The Morgan fingerprint density at radius 3 is 2.08 bits per heavy atom. The summed E-state index contributed by atoms with van der Waals surface area (Å²) in [5, 5.41) is 4.62. The summed E-state index contributed by atoms with van der Waals surface area (Å²) in [7, 11) is 3.19. The first-order valence-electron chi connectivity index (χ1n) is 7.27. The Morgan fingerprint density at radius 1 is 0.833 bits per heavy atom. The zero-order valence-electron chi connectivity index (χ0n) is 13.3. The van der Waals surface area contributed by atoms with Crippen molar-refractivity contribution in [2.75, 3.05) is 14.2 Å². The molecule has 0 bridgehead atoms. The highest BCUT2D eigenvalue weighted by molar-refractivity contribution is 6.13. The van der Waals surface area contributed by atoms with E-state index >= 15 is 0 Å². The van der Waals surface area contributed by atoms with Crippen LogP contribution in [0.25, 0.3) is 17.2 Å². The van der Waals surface area contributed by atoms with Gasteiger partial charge in [-0.15, -0.1) is 0 Å². The molecule has 0 radical (unpaired) electrons. The predicted molar refractivity (Wildman–Crippen MR) is 89.6 cm³/mol. The number of methoxy groups -OCH3 is 2. The quantitative estimate of drug-likeness (QED) is 0.669. The summed E-state index contributed by atoms with van der Waals surface area (Å²) in [6.45, 7) is 0. The number of rotatable bonds is 4. The molecule has 2 N–H and O–H groups in total. The molecule has 0 aromatic heterocycles. The minimum atomic E-state index is -0.506. The summed E-state index contributed by atoms with van der Waals surface area (Å²) in [5.41, 5.74) is 3.03. The van der Waals surface area contributed by atoms with Gasteiger partial charge in [0.25, 0.3) is 5.91 Å². The summed E-state index contributed by atoms with van der Waals surface area (Å²) < 4.78 is 10.5. The van der Waals surface area contributed by atoms with Gasteiger partial charge in [0, 0.05) is 0 Å². The highest BCUT2D eigenvalue weighted by Crippen LogP contribution is 2.32. The molecule has 1 fully saturated rings. The molecule has 3 amide bonds. The molecule has 6 nitrogen and oxygen atoms in total. The van der Waals surface area contributed by atoms with Gasteiger partial charge in [-0.2, -0.15) is 0 Å². The fraction of sp³-hybridized carbons (Fsp3) is 0.111. The molecule has 1 aliphatic heterocycles. The van der Waals surface area contributed by atoms with Crippen molar-refractivity contribution >= 4 is 18.0 Å². The van der Waals surface area contributed by atoms with Gasteiger partial charge < -0.3 is 14.8 Å². The van der Waals surface area contributed by atoms with Crippen LogP contribution in [0.5, 0.6) is 11.5 Å². The second-order valence-electron chi connectivity index (χ2n) is 5.16. The first-order valence-corrected chi connectivity index (χ1v) is 7.27. The molecular weight excluding hydrogens is 308 g/mol. The number of carbonyl (C=O) groups is 2. The number of benzene rings is 2. The van der Waals surface area contributed by atoms with Crippen LogP contribution < -0.4 is 20.1 Å². The highest BCUT2D eigenvalue weighted by atomic mass is 16.5. The molecule has 24 heavy (non-hydrogen) atoms. The molecular formula is C18H16N2O4. The molecule has 0 unspecified atom stereocenters. The van der Waals surface area contributed by atoms with Gasteiger partial charge in [-0.05, 0) is 34.9 Å². The number of ether oxygens (including phenoxy) is 2. The maximum atomic E-state index is 11.5. The van der Waals surface area contributed by atoms with Crippen LogP contribution >= 0.6 is 0 Å². The second-order valence-corrected chi connectivity index (χ2v) is 5.16. The number of amides is 3. The molecule has 3 rings (SSSR count). The van der Waals surface area contributed by atoms with E-state index in [1.54, 1.807) is 20.3 Å². The molecule has 0 spiro atoms. The average molecular weight is 324 g/mol. The number of imide groups is 1. The van der Waals surface area contributed by atoms with Gasteiger partial charge in [0.05, 0.1) is 14.2 Å². The molecule has 1 aliphatic rings. The minimum Gasteiger partial charge on any atom is -0.493 e. The summed E-state index contributed by atoms with van der Waals surface area (Å²) in [6, 6.07) is 12.8. The van der Waals surface area contributed by atoms with E-state index in [-0.39, 0.29) is 5.70 Å². The van der Waals surface area contributed by atoms with Crippen LogP contribution in [0.4, 0.5) is 4.79 Å². The number of carbonyl (C=O) groups excluding carboxylic acids is 2. The predicted octanol–water partition coefficient (Wildman–Crippen LogP) is 2.55. The standard InChI is InChI=1S/C18H16N2O4/c1-23-15-8-7-13(10-16(15)24-2)12-5-3-11(4-6-12)9-14-17(21)20-18(22)19-14/h3-10H,1-2H3,(H2,19,20,21,22). The summed E-state index contributed by atoms with van der Waals surface area (Å²) in [6.07, 6.45) is 1.62. The maximum absolute atomic E-state index is 11.5. The van der Waals surface area contributed by atoms with Gasteiger partial charge >= 0.3 is 6.03 Å². The molecule has 2 aromatic carbocycles. The molecule has 0 aliphatic carbocycles. The average Bonchev–Trinajstić information content (AvgIpc) is 2.92. The van der Waals surface area contributed by atoms with Crippen molar-refractivity contribution in [2.45, 2.75) is 0 Å². The Morgan fingerprint density at radius 2 is 1.50 bits per heavy atom. The van der Waals surface area contributed by atoms with Crippen molar-refractivity contribution in [1.82, 2.24) is 10.6 Å². The number of hydrogen-bond acceptors (Lipinski definition) is 4. The van der Waals surface area contributed by atoms with Gasteiger partial charge in [-0.3, -0.25) is 10.1 Å². The zero-order chi connectivity index (χ0) is 17.1. The summed E-state index contributed by atoms with van der Waals surface area (Å²) >= 11 is 0. The first-order chi connectivity index (χ1) is 11.6. The van der Waals surface area contributed by atoms with E-state index in [0.29, 0.717) is 11.5 Å². The van der Waals surface area contributed by atoms with Gasteiger partial charge in [-0.1, -0.05) is 30.3 Å². The third kappa shape index (κ3) is 3.08. The van der Waals surface area contributed by atoms with E-state index < -0.39 is 11.9 Å². The first kappa shape index (κ1) is 15.6. The third-order valence-corrected chi connectivity index (χ3v) is 3.66. The fourth-order valence-electron chi connectivity index (χ4n) is 2.44. The molecule has 6 heteroatoms. The SMILES string of the molecule is COc1ccc(-c2ccc(C=C3NC(=O)NC3=O)cc2)cc1OC. The molecule has 1 heterocycles. The lowest BCUT2D eigenvalue weighted by Crippen LogP contribution is -2.22. The van der Waals surface area contributed by atoms with E-state index in [1.807, 2.05) is 42.5 Å². The summed E-state index contributed by atoms with van der Waals surface area (Å²) in [5.74, 6) is 0.904. The molecule has 0 saturated carbocycles. The van der Waals surface area contributed by atoms with E-state index in [4.69, 9.17) is 9.47 Å². The highest BCUT2D eigenvalue weighted by Gasteiger charge is 2.22. The van der Waals surface area contributed by atoms with Gasteiger partial charge in [0.1, 0.15) is 5.70 Å². The van der Waals surface area contributed by atoms with Crippen LogP contribution in [0.15, 0.2) is 48.2 Å². The Bertz CT molecular complexity index is 825. The van der Waals surface area contributed by atoms with E-state index in [9.17, 15) is 9.59 Å². The molecule has 2 aromatic rings.